The average Bonchev–Trinajstić information content (AvgIpc) is 2.31. The molecule has 0 fully saturated rings. The Balaban J connectivity index is 2.92. The van der Waals surface area contributed by atoms with Gasteiger partial charge < -0.3 is 14.2 Å². The summed E-state index contributed by atoms with van der Waals surface area (Å²) in [6, 6.07) is 4.06. The third kappa shape index (κ3) is 4.08. The minimum atomic E-state index is -2.99. The summed E-state index contributed by atoms with van der Waals surface area (Å²) in [5, 5.41) is 2.29. The number of anilines is 1. The molecule has 0 aliphatic heterocycles. The smallest absolute Gasteiger partial charge is 0.411 e. The van der Waals surface area contributed by atoms with Crippen LogP contribution in [0.3, 0.4) is 0 Å². The number of nitrogens with one attached hydrogen (secondary N) is 1. The van der Waals surface area contributed by atoms with Crippen molar-refractivity contribution in [3.05, 3.63) is 18.2 Å². The topological polar surface area (TPSA) is 56.8 Å². The van der Waals surface area contributed by atoms with E-state index in [4.69, 9.17) is 4.74 Å². The molecular weight excluding hydrogens is 248 g/mol. The lowest BCUT2D eigenvalue weighted by molar-refractivity contribution is -0.0494. The van der Waals surface area contributed by atoms with Crippen LogP contribution in [0, 0.1) is 0 Å². The summed E-state index contributed by atoms with van der Waals surface area (Å²) in [5.41, 5.74) is 0.0492. The first-order valence-corrected chi connectivity index (χ1v) is 5.13. The molecule has 0 aliphatic carbocycles. The van der Waals surface area contributed by atoms with Crippen LogP contribution in [-0.4, -0.2) is 26.4 Å². The van der Waals surface area contributed by atoms with Crippen molar-refractivity contribution in [3.63, 3.8) is 0 Å². The Labute approximate surface area is 103 Å². The maximum atomic E-state index is 12.2. The molecule has 100 valence electrons. The molecule has 1 N–H and O–H groups in total. The molecule has 0 saturated carbocycles. The summed E-state index contributed by atoms with van der Waals surface area (Å²) >= 11 is 0. The summed E-state index contributed by atoms with van der Waals surface area (Å²) in [5.74, 6) is 0.224. The number of carbonyl (C=O) groups is 1. The monoisotopic (exact) mass is 261 g/mol. The van der Waals surface area contributed by atoms with Crippen LogP contribution in [0.2, 0.25) is 0 Å². The van der Waals surface area contributed by atoms with E-state index in [-0.39, 0.29) is 18.0 Å². The Morgan fingerprint density at radius 1 is 1.44 bits per heavy atom. The first-order chi connectivity index (χ1) is 8.56. The SMILES string of the molecule is CCOC(=O)Nc1cc(OC)ccc1OC(F)F. The fraction of sp³-hybridized carbons (Fsp3) is 0.364. The minimum Gasteiger partial charge on any atom is -0.497 e. The van der Waals surface area contributed by atoms with E-state index in [1.807, 2.05) is 0 Å². The van der Waals surface area contributed by atoms with E-state index in [1.54, 1.807) is 6.92 Å². The third-order valence-electron chi connectivity index (χ3n) is 1.91. The van der Waals surface area contributed by atoms with Crippen molar-refractivity contribution < 1.29 is 27.8 Å². The minimum absolute atomic E-state index is 0.0492. The van der Waals surface area contributed by atoms with Crippen molar-refractivity contribution in [1.29, 1.82) is 0 Å². The highest BCUT2D eigenvalue weighted by Gasteiger charge is 2.13. The summed E-state index contributed by atoms with van der Waals surface area (Å²) < 4.78 is 38.2. The molecular formula is C11H13F2NO4. The van der Waals surface area contributed by atoms with Crippen molar-refractivity contribution in [3.8, 4) is 11.5 Å². The standard InChI is InChI=1S/C11H13F2NO4/c1-3-17-11(15)14-8-6-7(16-2)4-5-9(8)18-10(12)13/h4-6,10H,3H2,1-2H3,(H,14,15). The van der Waals surface area contributed by atoms with Crippen LogP contribution in [0.5, 0.6) is 11.5 Å². The lowest BCUT2D eigenvalue weighted by Gasteiger charge is -2.12. The second-order valence-electron chi connectivity index (χ2n) is 3.09. The van der Waals surface area contributed by atoms with Gasteiger partial charge in [0.15, 0.2) is 0 Å². The first-order valence-electron chi connectivity index (χ1n) is 5.13. The van der Waals surface area contributed by atoms with E-state index in [0.717, 1.165) is 0 Å². The van der Waals surface area contributed by atoms with Gasteiger partial charge in [-0.15, -0.1) is 0 Å². The number of hydrogen-bond donors (Lipinski definition) is 1. The van der Waals surface area contributed by atoms with Gasteiger partial charge in [0.2, 0.25) is 0 Å². The molecule has 0 spiro atoms. The molecule has 5 nitrogen and oxygen atoms in total. The molecule has 0 radical (unpaired) electrons. The van der Waals surface area contributed by atoms with E-state index < -0.39 is 12.7 Å². The number of halogens is 2. The number of benzene rings is 1. The molecule has 1 aromatic rings. The molecule has 1 rings (SSSR count). The summed E-state index contributed by atoms with van der Waals surface area (Å²) in [6.07, 6.45) is -0.759. The van der Waals surface area contributed by atoms with Crippen molar-refractivity contribution in [2.75, 3.05) is 19.0 Å². The number of alkyl halides is 2. The number of hydrogen-bond acceptors (Lipinski definition) is 4. The van der Waals surface area contributed by atoms with E-state index in [2.05, 4.69) is 14.8 Å². The van der Waals surface area contributed by atoms with Gasteiger partial charge in [-0.05, 0) is 19.1 Å². The van der Waals surface area contributed by atoms with Crippen molar-refractivity contribution in [2.45, 2.75) is 13.5 Å². The molecule has 0 aliphatic rings. The lowest BCUT2D eigenvalue weighted by Crippen LogP contribution is -2.15. The number of ether oxygens (including phenoxy) is 3. The largest absolute Gasteiger partial charge is 0.497 e. The number of methoxy groups -OCH3 is 1. The van der Waals surface area contributed by atoms with Gasteiger partial charge in [0.25, 0.3) is 0 Å². The normalized spacial score (nSPS) is 10.1. The Kier molecular flexibility index (Phi) is 5.16. The predicted molar refractivity (Wildman–Crippen MR) is 60.3 cm³/mol. The Morgan fingerprint density at radius 2 is 2.17 bits per heavy atom. The van der Waals surface area contributed by atoms with Crippen molar-refractivity contribution >= 4 is 11.8 Å². The van der Waals surface area contributed by atoms with E-state index in [9.17, 15) is 13.6 Å². The fourth-order valence-corrected chi connectivity index (χ4v) is 1.21. The molecule has 0 saturated heterocycles. The Hall–Kier alpha value is -2.05. The summed E-state index contributed by atoms with van der Waals surface area (Å²) in [7, 11) is 1.41. The number of amides is 1. The zero-order chi connectivity index (χ0) is 13.5. The van der Waals surface area contributed by atoms with Gasteiger partial charge in [-0.25, -0.2) is 4.79 Å². The quantitative estimate of drug-likeness (QED) is 0.885. The molecule has 0 aromatic heterocycles. The van der Waals surface area contributed by atoms with Gasteiger partial charge >= 0.3 is 12.7 Å². The highest BCUT2D eigenvalue weighted by atomic mass is 19.3. The molecule has 7 heteroatoms. The lowest BCUT2D eigenvalue weighted by atomic mass is 10.2. The summed E-state index contributed by atoms with van der Waals surface area (Å²) in [4.78, 5) is 11.2. The molecule has 0 atom stereocenters. The zero-order valence-electron chi connectivity index (χ0n) is 9.91. The molecule has 0 unspecified atom stereocenters. The second kappa shape index (κ2) is 6.63. The van der Waals surface area contributed by atoms with Crippen LogP contribution in [0.4, 0.5) is 19.3 Å². The second-order valence-corrected chi connectivity index (χ2v) is 3.09. The molecule has 0 bridgehead atoms. The molecule has 0 heterocycles. The third-order valence-corrected chi connectivity index (χ3v) is 1.91. The predicted octanol–water partition coefficient (Wildman–Crippen LogP) is 2.87. The maximum absolute atomic E-state index is 12.2. The van der Waals surface area contributed by atoms with Gasteiger partial charge in [-0.2, -0.15) is 8.78 Å². The van der Waals surface area contributed by atoms with Gasteiger partial charge in [0.1, 0.15) is 11.5 Å². The van der Waals surface area contributed by atoms with Crippen LogP contribution in [-0.2, 0) is 4.74 Å². The number of carbonyl (C=O) groups excluding carboxylic acids is 1. The van der Waals surface area contributed by atoms with Crippen LogP contribution in [0.25, 0.3) is 0 Å². The van der Waals surface area contributed by atoms with Crippen molar-refractivity contribution in [1.82, 2.24) is 0 Å². The van der Waals surface area contributed by atoms with Crippen LogP contribution in [0.15, 0.2) is 18.2 Å². The van der Waals surface area contributed by atoms with Gasteiger partial charge in [-0.3, -0.25) is 5.32 Å². The molecule has 18 heavy (non-hydrogen) atoms. The van der Waals surface area contributed by atoms with Gasteiger partial charge in [0, 0.05) is 6.07 Å². The van der Waals surface area contributed by atoms with Crippen LogP contribution < -0.4 is 14.8 Å². The van der Waals surface area contributed by atoms with Crippen LogP contribution >= 0.6 is 0 Å². The number of rotatable bonds is 5. The highest BCUT2D eigenvalue weighted by Crippen LogP contribution is 2.30. The fourth-order valence-electron chi connectivity index (χ4n) is 1.21. The summed E-state index contributed by atoms with van der Waals surface area (Å²) in [6.45, 7) is -1.19. The molecule has 1 amide bonds. The van der Waals surface area contributed by atoms with Crippen LogP contribution in [0.1, 0.15) is 6.92 Å². The van der Waals surface area contributed by atoms with E-state index in [1.165, 1.54) is 25.3 Å². The average molecular weight is 261 g/mol. The first kappa shape index (κ1) is 14.0. The van der Waals surface area contributed by atoms with E-state index >= 15 is 0 Å². The highest BCUT2D eigenvalue weighted by molar-refractivity contribution is 5.87. The molecule has 1 aromatic carbocycles. The van der Waals surface area contributed by atoms with Gasteiger partial charge in [0.05, 0.1) is 19.4 Å². The zero-order valence-corrected chi connectivity index (χ0v) is 9.91. The van der Waals surface area contributed by atoms with Crippen molar-refractivity contribution in [2.24, 2.45) is 0 Å². The maximum Gasteiger partial charge on any atom is 0.411 e. The Morgan fingerprint density at radius 3 is 2.72 bits per heavy atom. The van der Waals surface area contributed by atoms with Gasteiger partial charge in [-0.1, -0.05) is 0 Å². The van der Waals surface area contributed by atoms with E-state index in [0.29, 0.717) is 5.75 Å². The Bertz CT molecular complexity index is 412.